The smallest absolute Gasteiger partial charge is 0.135 e. The summed E-state index contributed by atoms with van der Waals surface area (Å²) in [7, 11) is 0. The maximum atomic E-state index is 13.6. The molecular weight excluding hydrogens is 327 g/mol. The molecule has 0 fully saturated rings. The van der Waals surface area contributed by atoms with E-state index >= 15 is 0 Å². The van der Waals surface area contributed by atoms with Crippen LogP contribution in [0, 0.1) is 5.82 Å². The molecule has 0 spiro atoms. The molecule has 3 rings (SSSR count). The van der Waals surface area contributed by atoms with Crippen molar-refractivity contribution in [1.29, 1.82) is 0 Å². The number of benzene rings is 2. The number of rotatable bonds is 6. The predicted octanol–water partition coefficient (Wildman–Crippen LogP) is 4.67. The molecule has 0 unspecified atom stereocenters. The monoisotopic (exact) mass is 342 g/mol. The first-order valence-electron chi connectivity index (χ1n) is 7.52. The fraction of sp³-hybridized carbons (Fsp3) is 0.111. The maximum absolute atomic E-state index is 13.6. The minimum Gasteiger partial charge on any atom is -0.370 e. The zero-order valence-electron chi connectivity index (χ0n) is 12.8. The lowest BCUT2D eigenvalue weighted by atomic mass is 10.1. The second-order valence-corrected chi connectivity index (χ2v) is 5.63. The lowest BCUT2D eigenvalue weighted by molar-refractivity contribution is 0.610. The molecule has 3 aromatic rings. The maximum Gasteiger partial charge on any atom is 0.135 e. The Bertz CT molecular complexity index is 825. The molecule has 0 atom stereocenters. The molecule has 0 saturated heterocycles. The van der Waals surface area contributed by atoms with Gasteiger partial charge in [-0.25, -0.2) is 14.4 Å². The largest absolute Gasteiger partial charge is 0.370 e. The third-order valence-electron chi connectivity index (χ3n) is 3.42. The molecule has 24 heavy (non-hydrogen) atoms. The van der Waals surface area contributed by atoms with Crippen LogP contribution in [0.15, 0.2) is 60.9 Å². The topological polar surface area (TPSA) is 49.8 Å². The summed E-state index contributed by atoms with van der Waals surface area (Å²) in [5.41, 5.74) is 1.52. The van der Waals surface area contributed by atoms with Crippen molar-refractivity contribution in [3.63, 3.8) is 0 Å². The van der Waals surface area contributed by atoms with Gasteiger partial charge in [0.05, 0.1) is 0 Å². The molecule has 2 aromatic carbocycles. The molecule has 0 aliphatic heterocycles. The highest BCUT2D eigenvalue weighted by Gasteiger charge is 2.02. The van der Waals surface area contributed by atoms with Crippen LogP contribution in [0.25, 0.3) is 0 Å². The highest BCUT2D eigenvalue weighted by Crippen LogP contribution is 2.19. The third-order valence-corrected chi connectivity index (χ3v) is 3.66. The van der Waals surface area contributed by atoms with Gasteiger partial charge in [0, 0.05) is 23.3 Å². The zero-order chi connectivity index (χ0) is 16.8. The number of hydrogen-bond donors (Lipinski definition) is 2. The van der Waals surface area contributed by atoms with E-state index in [-0.39, 0.29) is 5.82 Å². The van der Waals surface area contributed by atoms with E-state index in [9.17, 15) is 4.39 Å². The average Bonchev–Trinajstić information content (AvgIpc) is 2.57. The van der Waals surface area contributed by atoms with E-state index in [2.05, 4.69) is 20.6 Å². The molecule has 122 valence electrons. The Morgan fingerprint density at radius 3 is 2.62 bits per heavy atom. The Morgan fingerprint density at radius 2 is 1.79 bits per heavy atom. The zero-order valence-corrected chi connectivity index (χ0v) is 13.6. The van der Waals surface area contributed by atoms with E-state index in [1.54, 1.807) is 18.2 Å². The molecule has 0 bridgehead atoms. The second kappa shape index (κ2) is 7.75. The summed E-state index contributed by atoms with van der Waals surface area (Å²) in [4.78, 5) is 8.35. The SMILES string of the molecule is Fc1ccccc1CCNc1cc(Nc2cccc(Cl)c2)ncn1. The van der Waals surface area contributed by atoms with E-state index in [1.165, 1.54) is 12.4 Å². The van der Waals surface area contributed by atoms with Crippen molar-refractivity contribution in [2.75, 3.05) is 17.2 Å². The van der Waals surface area contributed by atoms with Gasteiger partial charge in [0.1, 0.15) is 23.8 Å². The minimum absolute atomic E-state index is 0.190. The van der Waals surface area contributed by atoms with Gasteiger partial charge < -0.3 is 10.6 Å². The van der Waals surface area contributed by atoms with Crippen LogP contribution in [0.1, 0.15) is 5.56 Å². The van der Waals surface area contributed by atoms with Crippen LogP contribution in [0.3, 0.4) is 0 Å². The summed E-state index contributed by atoms with van der Waals surface area (Å²) < 4.78 is 13.6. The Kier molecular flexibility index (Phi) is 5.23. The molecule has 1 heterocycles. The number of anilines is 3. The van der Waals surface area contributed by atoms with Crippen molar-refractivity contribution in [2.45, 2.75) is 6.42 Å². The Hall–Kier alpha value is -2.66. The van der Waals surface area contributed by atoms with Crippen molar-refractivity contribution in [3.8, 4) is 0 Å². The summed E-state index contributed by atoms with van der Waals surface area (Å²) in [6, 6.07) is 15.9. The van der Waals surface area contributed by atoms with Gasteiger partial charge in [-0.2, -0.15) is 0 Å². The Morgan fingerprint density at radius 1 is 0.958 bits per heavy atom. The number of halogens is 2. The van der Waals surface area contributed by atoms with Crippen molar-refractivity contribution in [3.05, 3.63) is 77.3 Å². The first-order valence-corrected chi connectivity index (χ1v) is 7.90. The summed E-state index contributed by atoms with van der Waals surface area (Å²) in [5.74, 6) is 1.14. The molecule has 4 nitrogen and oxygen atoms in total. The third kappa shape index (κ3) is 4.43. The van der Waals surface area contributed by atoms with Crippen LogP contribution >= 0.6 is 11.6 Å². The normalized spacial score (nSPS) is 10.4. The molecular formula is C18H16ClFN4. The van der Waals surface area contributed by atoms with Crippen LogP contribution in [-0.4, -0.2) is 16.5 Å². The van der Waals surface area contributed by atoms with Crippen molar-refractivity contribution in [1.82, 2.24) is 9.97 Å². The average molecular weight is 343 g/mol. The van der Waals surface area contributed by atoms with Crippen molar-refractivity contribution >= 4 is 28.9 Å². The molecule has 0 saturated carbocycles. The summed E-state index contributed by atoms with van der Waals surface area (Å²) in [6.07, 6.45) is 2.05. The number of hydrogen-bond acceptors (Lipinski definition) is 4. The van der Waals surface area contributed by atoms with Gasteiger partial charge in [0.15, 0.2) is 0 Å². The standard InChI is InChI=1S/C18H16ClFN4/c19-14-5-3-6-15(10-14)24-18-11-17(22-12-23-18)21-9-8-13-4-1-2-7-16(13)20/h1-7,10-12H,8-9H2,(H2,21,22,23,24). The Balaban J connectivity index is 1.60. The van der Waals surface area contributed by atoms with Gasteiger partial charge >= 0.3 is 0 Å². The molecule has 2 N–H and O–H groups in total. The van der Waals surface area contributed by atoms with Crippen LogP contribution in [0.2, 0.25) is 5.02 Å². The summed E-state index contributed by atoms with van der Waals surface area (Å²) in [6.45, 7) is 0.578. The minimum atomic E-state index is -0.190. The molecule has 1 aromatic heterocycles. The highest BCUT2D eigenvalue weighted by molar-refractivity contribution is 6.30. The van der Waals surface area contributed by atoms with Gasteiger partial charge in [-0.1, -0.05) is 35.9 Å². The summed E-state index contributed by atoms with van der Waals surface area (Å²) >= 11 is 5.97. The van der Waals surface area contributed by atoms with E-state index in [4.69, 9.17) is 11.6 Å². The molecule has 0 aliphatic rings. The molecule has 0 amide bonds. The van der Waals surface area contributed by atoms with Crippen molar-refractivity contribution < 1.29 is 4.39 Å². The van der Waals surface area contributed by atoms with Gasteiger partial charge in [0.25, 0.3) is 0 Å². The number of aromatic nitrogens is 2. The van der Waals surface area contributed by atoms with E-state index in [0.29, 0.717) is 35.2 Å². The number of nitrogens with zero attached hydrogens (tertiary/aromatic N) is 2. The van der Waals surface area contributed by atoms with Crippen molar-refractivity contribution in [2.24, 2.45) is 0 Å². The quantitative estimate of drug-likeness (QED) is 0.683. The Labute approximate surface area is 144 Å². The fourth-order valence-corrected chi connectivity index (χ4v) is 2.45. The van der Waals surface area contributed by atoms with Crippen LogP contribution < -0.4 is 10.6 Å². The molecule has 6 heteroatoms. The highest BCUT2D eigenvalue weighted by atomic mass is 35.5. The van der Waals surface area contributed by atoms with Crippen LogP contribution in [0.5, 0.6) is 0 Å². The van der Waals surface area contributed by atoms with E-state index in [0.717, 1.165) is 5.69 Å². The lowest BCUT2D eigenvalue weighted by Crippen LogP contribution is -2.08. The first kappa shape index (κ1) is 16.2. The van der Waals surface area contributed by atoms with Gasteiger partial charge in [-0.15, -0.1) is 0 Å². The molecule has 0 radical (unpaired) electrons. The van der Waals surface area contributed by atoms with E-state index < -0.39 is 0 Å². The lowest BCUT2D eigenvalue weighted by Gasteiger charge is -2.09. The predicted molar refractivity (Wildman–Crippen MR) is 95.4 cm³/mol. The van der Waals surface area contributed by atoms with Crippen LogP contribution in [0.4, 0.5) is 21.7 Å². The summed E-state index contributed by atoms with van der Waals surface area (Å²) in [5, 5.41) is 6.99. The first-order chi connectivity index (χ1) is 11.7. The van der Waals surface area contributed by atoms with Gasteiger partial charge in [0.2, 0.25) is 0 Å². The fourth-order valence-electron chi connectivity index (χ4n) is 2.26. The van der Waals surface area contributed by atoms with E-state index in [1.807, 2.05) is 30.3 Å². The second-order valence-electron chi connectivity index (χ2n) is 5.19. The van der Waals surface area contributed by atoms with Gasteiger partial charge in [-0.3, -0.25) is 0 Å². The molecule has 0 aliphatic carbocycles. The van der Waals surface area contributed by atoms with Gasteiger partial charge in [-0.05, 0) is 36.2 Å². The van der Waals surface area contributed by atoms with Crippen LogP contribution in [-0.2, 0) is 6.42 Å². The number of nitrogens with one attached hydrogen (secondary N) is 2.